The van der Waals surface area contributed by atoms with E-state index >= 15 is 4.39 Å². The molecule has 1 saturated carbocycles. The standard InChI is InChI=1S/C23H20F5N7O2/c1-9(4-29-10(2)36)17-20(25)19(23(26,27)28)18(12-5-31-34-21(12)17)14-7-35-8-15(32-16(35)6-30-14)33-22(37)11-3-13(11)24/h5-9,11,13H,3-4H2,1-2H3,(H,29,36)(H,31,34)(H,33,37)/t9?,11-,13+/m1/s1. The molecule has 0 saturated heterocycles. The van der Waals surface area contributed by atoms with Gasteiger partial charge in [-0.25, -0.2) is 13.8 Å². The number of fused-ring (bicyclic) bond motifs is 2. The Morgan fingerprint density at radius 1 is 1.27 bits per heavy atom. The van der Waals surface area contributed by atoms with Crippen molar-refractivity contribution in [2.24, 2.45) is 5.92 Å². The number of amides is 2. The number of aromatic nitrogens is 5. The molecule has 14 heteroatoms. The van der Waals surface area contributed by atoms with E-state index in [1.165, 1.54) is 36.8 Å². The second-order valence-electron chi connectivity index (χ2n) is 8.98. The topological polar surface area (TPSA) is 117 Å². The Bertz CT molecular complexity index is 1540. The molecule has 3 atom stereocenters. The molecule has 1 aliphatic carbocycles. The summed E-state index contributed by atoms with van der Waals surface area (Å²) < 4.78 is 73.0. The Labute approximate surface area is 205 Å². The van der Waals surface area contributed by atoms with Gasteiger partial charge in [-0.15, -0.1) is 0 Å². The van der Waals surface area contributed by atoms with Crippen molar-refractivity contribution in [3.63, 3.8) is 0 Å². The second-order valence-corrected chi connectivity index (χ2v) is 8.98. The molecule has 194 valence electrons. The van der Waals surface area contributed by atoms with Crippen molar-refractivity contribution in [1.29, 1.82) is 0 Å². The first-order valence-electron chi connectivity index (χ1n) is 11.3. The Hall–Kier alpha value is -4.10. The molecule has 0 bridgehead atoms. The van der Waals surface area contributed by atoms with Crippen LogP contribution in [0.15, 0.2) is 24.8 Å². The molecule has 3 aromatic heterocycles. The molecule has 1 unspecified atom stereocenters. The van der Waals surface area contributed by atoms with Crippen LogP contribution in [0.1, 0.15) is 37.3 Å². The third kappa shape index (κ3) is 4.47. The molecular formula is C23H20F5N7O2. The summed E-state index contributed by atoms with van der Waals surface area (Å²) in [6.07, 6.45) is -1.28. The summed E-state index contributed by atoms with van der Waals surface area (Å²) in [5.41, 5.74) is -2.28. The van der Waals surface area contributed by atoms with Gasteiger partial charge >= 0.3 is 6.18 Å². The number of H-pyrrole nitrogens is 1. The predicted octanol–water partition coefficient (Wildman–Crippen LogP) is 3.97. The van der Waals surface area contributed by atoms with Crippen LogP contribution in [0.4, 0.5) is 27.8 Å². The van der Waals surface area contributed by atoms with Crippen LogP contribution in [-0.2, 0) is 15.8 Å². The highest BCUT2D eigenvalue weighted by molar-refractivity contribution is 5.98. The fraction of sp³-hybridized carbons (Fsp3) is 0.348. The number of carbonyl (C=O) groups is 2. The maximum atomic E-state index is 15.7. The number of benzene rings is 1. The normalized spacial score (nSPS) is 18.2. The van der Waals surface area contributed by atoms with E-state index in [2.05, 4.69) is 30.8 Å². The van der Waals surface area contributed by atoms with E-state index in [9.17, 15) is 27.2 Å². The minimum absolute atomic E-state index is 0.0124. The Morgan fingerprint density at radius 2 is 2.00 bits per heavy atom. The van der Waals surface area contributed by atoms with Gasteiger partial charge in [-0.1, -0.05) is 6.92 Å². The van der Waals surface area contributed by atoms with E-state index in [1.807, 2.05) is 0 Å². The van der Waals surface area contributed by atoms with E-state index < -0.39 is 52.9 Å². The fourth-order valence-corrected chi connectivity index (χ4v) is 4.31. The predicted molar refractivity (Wildman–Crippen MR) is 122 cm³/mol. The molecule has 0 spiro atoms. The molecule has 1 aliphatic rings. The number of nitrogens with zero attached hydrogens (tertiary/aromatic N) is 4. The van der Waals surface area contributed by atoms with Crippen LogP contribution >= 0.6 is 0 Å². The lowest BCUT2D eigenvalue weighted by atomic mass is 9.90. The van der Waals surface area contributed by atoms with Gasteiger partial charge in [-0.05, 0) is 6.42 Å². The number of anilines is 1. The summed E-state index contributed by atoms with van der Waals surface area (Å²) >= 11 is 0. The van der Waals surface area contributed by atoms with Crippen molar-refractivity contribution in [2.75, 3.05) is 11.9 Å². The van der Waals surface area contributed by atoms with Gasteiger partial charge in [0.15, 0.2) is 11.5 Å². The van der Waals surface area contributed by atoms with E-state index in [0.717, 1.165) is 6.20 Å². The highest BCUT2D eigenvalue weighted by Gasteiger charge is 2.44. The molecule has 5 rings (SSSR count). The fourth-order valence-electron chi connectivity index (χ4n) is 4.31. The van der Waals surface area contributed by atoms with E-state index in [1.54, 1.807) is 0 Å². The number of hydrogen-bond donors (Lipinski definition) is 3. The molecule has 3 heterocycles. The molecule has 0 radical (unpaired) electrons. The summed E-state index contributed by atoms with van der Waals surface area (Å²) in [5, 5.41) is 11.4. The van der Waals surface area contributed by atoms with Gasteiger partial charge < -0.3 is 15.0 Å². The van der Waals surface area contributed by atoms with Crippen molar-refractivity contribution in [2.45, 2.75) is 38.5 Å². The molecule has 3 N–H and O–H groups in total. The van der Waals surface area contributed by atoms with Crippen LogP contribution in [0, 0.1) is 11.7 Å². The SMILES string of the molecule is CC(=O)NCC(C)c1c(F)c(C(F)(F)F)c(-c2cn3cc(NC(=O)[C@@H]4C[C@@H]4F)nc3cn2)c2cn[nH]c12. The minimum Gasteiger partial charge on any atom is -0.356 e. The Balaban J connectivity index is 1.63. The molecule has 0 aliphatic heterocycles. The molecule has 1 aromatic carbocycles. The lowest BCUT2D eigenvalue weighted by Crippen LogP contribution is -2.26. The van der Waals surface area contributed by atoms with Crippen molar-refractivity contribution in [3.05, 3.63) is 41.7 Å². The summed E-state index contributed by atoms with van der Waals surface area (Å²) in [7, 11) is 0. The number of imidazole rings is 1. The third-order valence-corrected chi connectivity index (χ3v) is 6.22. The van der Waals surface area contributed by atoms with Crippen molar-refractivity contribution in [1.82, 2.24) is 29.9 Å². The quantitative estimate of drug-likeness (QED) is 0.332. The molecule has 2 amide bonds. The number of nitrogens with one attached hydrogen (secondary N) is 3. The molecule has 37 heavy (non-hydrogen) atoms. The number of halogens is 5. The molecule has 1 fully saturated rings. The van der Waals surface area contributed by atoms with E-state index in [-0.39, 0.29) is 46.6 Å². The van der Waals surface area contributed by atoms with Crippen LogP contribution in [0.5, 0.6) is 0 Å². The number of alkyl halides is 4. The first-order valence-corrected chi connectivity index (χ1v) is 11.3. The van der Waals surface area contributed by atoms with E-state index in [4.69, 9.17) is 0 Å². The average molecular weight is 521 g/mol. The zero-order valence-electron chi connectivity index (χ0n) is 19.5. The number of rotatable bonds is 6. The molecule has 9 nitrogen and oxygen atoms in total. The van der Waals surface area contributed by atoms with Gasteiger partial charge in [0.25, 0.3) is 0 Å². The summed E-state index contributed by atoms with van der Waals surface area (Å²) in [5.74, 6) is -3.95. The van der Waals surface area contributed by atoms with Crippen LogP contribution in [0.3, 0.4) is 0 Å². The third-order valence-electron chi connectivity index (χ3n) is 6.22. The highest BCUT2D eigenvalue weighted by Crippen LogP contribution is 2.45. The van der Waals surface area contributed by atoms with Gasteiger partial charge in [0.2, 0.25) is 11.8 Å². The minimum atomic E-state index is -5.09. The lowest BCUT2D eigenvalue weighted by Gasteiger charge is -2.21. The summed E-state index contributed by atoms with van der Waals surface area (Å²) in [6.45, 7) is 2.65. The monoisotopic (exact) mass is 521 g/mol. The number of aromatic amines is 1. The molecular weight excluding hydrogens is 501 g/mol. The van der Waals surface area contributed by atoms with Crippen LogP contribution in [0.2, 0.25) is 0 Å². The van der Waals surface area contributed by atoms with Gasteiger partial charge in [0, 0.05) is 42.1 Å². The first-order chi connectivity index (χ1) is 17.5. The number of carbonyl (C=O) groups excluding carboxylic acids is 2. The lowest BCUT2D eigenvalue weighted by molar-refractivity contribution is -0.139. The van der Waals surface area contributed by atoms with Gasteiger partial charge in [0.05, 0.1) is 35.7 Å². The Kier molecular flexibility index (Phi) is 5.83. The van der Waals surface area contributed by atoms with Gasteiger partial charge in [-0.3, -0.25) is 19.7 Å². The zero-order chi connectivity index (χ0) is 26.6. The maximum absolute atomic E-state index is 15.7. The second kappa shape index (κ2) is 8.78. The van der Waals surface area contributed by atoms with Crippen molar-refractivity contribution < 1.29 is 31.5 Å². The highest BCUT2D eigenvalue weighted by atomic mass is 19.4. The van der Waals surface area contributed by atoms with Crippen molar-refractivity contribution in [3.8, 4) is 11.3 Å². The first kappa shape index (κ1) is 24.6. The van der Waals surface area contributed by atoms with Crippen LogP contribution < -0.4 is 10.6 Å². The average Bonchev–Trinajstić information content (AvgIpc) is 3.18. The number of hydrogen-bond acceptors (Lipinski definition) is 5. The summed E-state index contributed by atoms with van der Waals surface area (Å²) in [4.78, 5) is 31.5. The van der Waals surface area contributed by atoms with E-state index in [0.29, 0.717) is 0 Å². The maximum Gasteiger partial charge on any atom is 0.419 e. The smallest absolute Gasteiger partial charge is 0.356 e. The van der Waals surface area contributed by atoms with Crippen LogP contribution in [-0.4, -0.2) is 49.1 Å². The van der Waals surface area contributed by atoms with Gasteiger partial charge in [-0.2, -0.15) is 18.3 Å². The molecule has 4 aromatic rings. The van der Waals surface area contributed by atoms with Crippen molar-refractivity contribution >= 4 is 34.2 Å². The van der Waals surface area contributed by atoms with Gasteiger partial charge in [0.1, 0.15) is 17.6 Å². The largest absolute Gasteiger partial charge is 0.419 e. The zero-order valence-corrected chi connectivity index (χ0v) is 19.5. The summed E-state index contributed by atoms with van der Waals surface area (Å²) in [6, 6.07) is 0. The van der Waals surface area contributed by atoms with Crippen LogP contribution in [0.25, 0.3) is 27.8 Å². The Morgan fingerprint density at radius 3 is 2.65 bits per heavy atom.